The molecule has 57 heavy (non-hydrogen) atoms. The molecule has 1 atom stereocenters. The lowest BCUT2D eigenvalue weighted by atomic mass is 9.78. The third-order valence-electron chi connectivity index (χ3n) is 11.8. The Hall–Kier alpha value is -3.90. The lowest BCUT2D eigenvalue weighted by Crippen LogP contribution is -2.28. The maximum absolute atomic E-state index is 11.5. The number of benzene rings is 4. The molecule has 300 valence electrons. The van der Waals surface area contributed by atoms with Crippen LogP contribution in [-0.4, -0.2) is 57.5 Å². The highest BCUT2D eigenvalue weighted by molar-refractivity contribution is 7.85. The minimum atomic E-state index is -4.03. The molecular formula is C46H52ClN2O6S2+. The van der Waals surface area contributed by atoms with E-state index in [0.717, 1.165) is 59.8 Å². The molecular weight excluding hydrogens is 776 g/mol. The van der Waals surface area contributed by atoms with E-state index in [0.29, 0.717) is 25.8 Å². The molecule has 0 saturated heterocycles. The Labute approximate surface area is 344 Å². The van der Waals surface area contributed by atoms with Crippen molar-refractivity contribution in [2.75, 3.05) is 30.3 Å². The van der Waals surface area contributed by atoms with Gasteiger partial charge < -0.3 is 4.90 Å². The Morgan fingerprint density at radius 1 is 0.842 bits per heavy atom. The lowest BCUT2D eigenvalue weighted by molar-refractivity contribution is -0.438. The number of hydrogen-bond acceptors (Lipinski definition) is 5. The van der Waals surface area contributed by atoms with Crippen LogP contribution in [0.3, 0.4) is 0 Å². The van der Waals surface area contributed by atoms with Crippen molar-refractivity contribution in [2.45, 2.75) is 83.5 Å². The summed E-state index contributed by atoms with van der Waals surface area (Å²) in [6, 6.07) is 25.7. The zero-order chi connectivity index (χ0) is 40.5. The molecule has 0 amide bonds. The molecule has 4 aromatic rings. The van der Waals surface area contributed by atoms with Gasteiger partial charge in [0.2, 0.25) is 5.69 Å². The largest absolute Gasteiger partial charge is 0.344 e. The maximum atomic E-state index is 11.5. The van der Waals surface area contributed by atoms with E-state index in [1.54, 1.807) is 0 Å². The van der Waals surface area contributed by atoms with E-state index < -0.39 is 21.5 Å². The highest BCUT2D eigenvalue weighted by Gasteiger charge is 2.45. The molecule has 0 spiro atoms. The number of allylic oxidation sites excluding steroid dienone is 8. The van der Waals surface area contributed by atoms with Crippen molar-refractivity contribution in [3.05, 3.63) is 130 Å². The quantitative estimate of drug-likeness (QED) is 0.0564. The predicted molar refractivity (Wildman–Crippen MR) is 235 cm³/mol. The molecule has 2 aliphatic heterocycles. The van der Waals surface area contributed by atoms with E-state index in [1.807, 2.05) is 0 Å². The Morgan fingerprint density at radius 2 is 1.53 bits per heavy atom. The Morgan fingerprint density at radius 3 is 2.23 bits per heavy atom. The third kappa shape index (κ3) is 8.49. The van der Waals surface area contributed by atoms with Gasteiger partial charge in [-0.15, -0.1) is 0 Å². The summed E-state index contributed by atoms with van der Waals surface area (Å²) in [4.78, 5) is 2.31. The predicted octanol–water partition coefficient (Wildman–Crippen LogP) is 10.8. The fraction of sp³-hybridized carbons (Fsp3) is 0.370. The van der Waals surface area contributed by atoms with E-state index >= 15 is 0 Å². The van der Waals surface area contributed by atoms with Gasteiger partial charge in [-0.1, -0.05) is 92.2 Å². The first kappa shape index (κ1) is 41.3. The Balaban J connectivity index is 1.23. The zero-order valence-corrected chi connectivity index (χ0v) is 35.5. The number of hydrogen-bond donors (Lipinski definition) is 2. The molecule has 4 aromatic carbocycles. The van der Waals surface area contributed by atoms with Gasteiger partial charge in [0, 0.05) is 52.5 Å². The molecule has 0 radical (unpaired) electrons. The van der Waals surface area contributed by atoms with Crippen LogP contribution in [0, 0.1) is 0 Å². The second-order valence-corrected chi connectivity index (χ2v) is 18.9. The molecule has 2 heterocycles. The summed E-state index contributed by atoms with van der Waals surface area (Å²) >= 11 is 5.05. The molecule has 0 saturated carbocycles. The van der Waals surface area contributed by atoms with Crippen LogP contribution in [0.2, 0.25) is 0 Å². The second-order valence-electron chi connectivity index (χ2n) is 16.3. The standard InChI is InChI=1S/C46H51ClN2O6S2/c1-45(2)40(48(28-9-11-30-55-56(50)51)38-24-20-32-14-5-7-18-36(32)42(38)45)26-22-34-16-13-17-35(44(34)47)23-27-41-46(3,4)43-37-19-8-6-15-33(37)21-25-39(43)49(41)29-10-12-31-57(52,53)54/h5-8,14-15,18-27H,9-13,16-17,28-31H2,1-4H3,(H-,50,51,52,53,54)/p+1. The highest BCUT2D eigenvalue weighted by Crippen LogP contribution is 2.51. The van der Waals surface area contributed by atoms with Crippen molar-refractivity contribution in [3.63, 3.8) is 0 Å². The van der Waals surface area contributed by atoms with Crippen LogP contribution in [0.15, 0.2) is 119 Å². The Bertz CT molecular complexity index is 2510. The first-order chi connectivity index (χ1) is 27.2. The average Bonchev–Trinajstić information content (AvgIpc) is 3.53. The van der Waals surface area contributed by atoms with Crippen molar-refractivity contribution >= 4 is 71.7 Å². The van der Waals surface area contributed by atoms with Crippen LogP contribution in [0.5, 0.6) is 0 Å². The lowest BCUT2D eigenvalue weighted by Gasteiger charge is -2.27. The van der Waals surface area contributed by atoms with E-state index in [1.165, 1.54) is 44.1 Å². The molecule has 7 rings (SSSR count). The van der Waals surface area contributed by atoms with Gasteiger partial charge in [-0.3, -0.25) is 13.3 Å². The van der Waals surface area contributed by atoms with Crippen molar-refractivity contribution in [2.24, 2.45) is 0 Å². The van der Waals surface area contributed by atoms with Gasteiger partial charge >= 0.3 is 11.4 Å². The second kappa shape index (κ2) is 16.8. The number of halogens is 1. The number of fused-ring (bicyclic) bond motifs is 6. The van der Waals surface area contributed by atoms with Gasteiger partial charge in [0.25, 0.3) is 10.1 Å². The molecule has 11 heteroatoms. The van der Waals surface area contributed by atoms with Gasteiger partial charge in [0.05, 0.1) is 17.8 Å². The molecule has 8 nitrogen and oxygen atoms in total. The molecule has 0 aromatic heterocycles. The van der Waals surface area contributed by atoms with E-state index in [4.69, 9.17) is 20.3 Å². The molecule has 2 N–H and O–H groups in total. The summed E-state index contributed by atoms with van der Waals surface area (Å²) in [5, 5.41) is 5.59. The summed E-state index contributed by atoms with van der Waals surface area (Å²) in [6.07, 6.45) is 13.9. The van der Waals surface area contributed by atoms with E-state index in [-0.39, 0.29) is 23.2 Å². The van der Waals surface area contributed by atoms with Crippen LogP contribution in [0.25, 0.3) is 21.5 Å². The number of unbranched alkanes of at least 4 members (excludes halogenated alkanes) is 2. The van der Waals surface area contributed by atoms with Gasteiger partial charge in [0.15, 0.2) is 5.71 Å². The monoisotopic (exact) mass is 827 g/mol. The van der Waals surface area contributed by atoms with Crippen LogP contribution in [-0.2, 0) is 36.5 Å². The Kier molecular flexibility index (Phi) is 12.1. The highest BCUT2D eigenvalue weighted by atomic mass is 35.5. The summed E-state index contributed by atoms with van der Waals surface area (Å²) in [5.41, 5.74) is 8.69. The van der Waals surface area contributed by atoms with E-state index in [9.17, 15) is 17.2 Å². The van der Waals surface area contributed by atoms with Gasteiger partial charge in [-0.2, -0.15) is 17.2 Å². The molecule has 0 fully saturated rings. The first-order valence-corrected chi connectivity index (χ1v) is 22.8. The third-order valence-corrected chi connectivity index (χ3v) is 13.5. The smallest absolute Gasteiger partial charge is 0.301 e. The SMILES string of the molecule is CC1(C)C(/C=C/C2=C(Cl)C(=C/C=C3/N(CCCCS(=O)(=O)O)c4ccc5ccccc5c4C3(C)C)/CCC2)=[N+](CCCCOS(=O)O)c2ccc3ccccc3c21. The zero-order valence-electron chi connectivity index (χ0n) is 33.1. The van der Waals surface area contributed by atoms with Crippen molar-refractivity contribution < 1.29 is 30.5 Å². The summed E-state index contributed by atoms with van der Waals surface area (Å²) < 4.78 is 59.8. The van der Waals surface area contributed by atoms with Gasteiger partial charge in [-0.25, -0.2) is 0 Å². The van der Waals surface area contributed by atoms with Crippen molar-refractivity contribution in [3.8, 4) is 0 Å². The van der Waals surface area contributed by atoms with Crippen LogP contribution in [0.1, 0.15) is 83.8 Å². The van der Waals surface area contributed by atoms with Crippen molar-refractivity contribution in [1.82, 2.24) is 0 Å². The molecule has 1 aliphatic carbocycles. The van der Waals surface area contributed by atoms with Crippen LogP contribution >= 0.6 is 11.6 Å². The van der Waals surface area contributed by atoms with Crippen LogP contribution in [0.4, 0.5) is 11.4 Å². The summed E-state index contributed by atoms with van der Waals surface area (Å²) in [5.74, 6) is -0.256. The topological polar surface area (TPSA) is 107 Å². The number of anilines is 1. The number of rotatable bonds is 14. The van der Waals surface area contributed by atoms with E-state index in [2.05, 4.69) is 134 Å². The fourth-order valence-electron chi connectivity index (χ4n) is 9.18. The maximum Gasteiger partial charge on any atom is 0.301 e. The number of nitrogens with zero attached hydrogens (tertiary/aromatic N) is 2. The normalized spacial score (nSPS) is 19.8. The summed E-state index contributed by atoms with van der Waals surface area (Å²) in [7, 11) is -4.03. The van der Waals surface area contributed by atoms with Crippen LogP contribution < -0.4 is 4.90 Å². The van der Waals surface area contributed by atoms with Gasteiger partial charge in [0.1, 0.15) is 6.54 Å². The molecule has 1 unspecified atom stereocenters. The molecule has 3 aliphatic rings. The molecule has 0 bridgehead atoms. The average molecular weight is 829 g/mol. The van der Waals surface area contributed by atoms with Crippen molar-refractivity contribution in [1.29, 1.82) is 0 Å². The minimum Gasteiger partial charge on any atom is -0.344 e. The summed E-state index contributed by atoms with van der Waals surface area (Å²) in [6.45, 7) is 10.6. The first-order valence-electron chi connectivity index (χ1n) is 19.8. The fourth-order valence-corrected chi connectivity index (χ4v) is 10.3. The minimum absolute atomic E-state index is 0.218. The van der Waals surface area contributed by atoms with Gasteiger partial charge in [-0.05, 0) is 109 Å².